The van der Waals surface area contributed by atoms with E-state index in [0.717, 1.165) is 11.9 Å². The van der Waals surface area contributed by atoms with Crippen LogP contribution in [0.5, 0.6) is 0 Å². The van der Waals surface area contributed by atoms with Crippen LogP contribution in [0, 0.1) is 16.7 Å². The van der Waals surface area contributed by atoms with Gasteiger partial charge in [-0.3, -0.25) is 4.99 Å². The van der Waals surface area contributed by atoms with Gasteiger partial charge in [0.15, 0.2) is 5.96 Å². The van der Waals surface area contributed by atoms with E-state index >= 15 is 0 Å². The summed E-state index contributed by atoms with van der Waals surface area (Å²) < 4.78 is 0. The first-order valence-electron chi connectivity index (χ1n) is 7.99. The second kappa shape index (κ2) is 3.48. The summed E-state index contributed by atoms with van der Waals surface area (Å²) in [5.74, 6) is 1.63. The number of guanidine groups is 1. The molecule has 0 heterocycles. The Hall–Kier alpha value is -0.730. The fourth-order valence-corrected chi connectivity index (χ4v) is 6.29. The van der Waals surface area contributed by atoms with Crippen LogP contribution in [0.4, 0.5) is 0 Å². The molecule has 5 saturated carbocycles. The molecule has 5 rings (SSSR count). The summed E-state index contributed by atoms with van der Waals surface area (Å²) in [7, 11) is 0. The summed E-state index contributed by atoms with van der Waals surface area (Å²) in [6, 6.07) is 0.521. The standard InChI is InChI=1S/C16H27N3/c1-14-5-11-6-15(2,8-14)10-16(7-11,9-14)19-13(17)18-12-3-4-12/h11-12H,3-10H2,1-2H3,(H3,17,18,19). The first-order valence-corrected chi connectivity index (χ1v) is 7.99. The van der Waals surface area contributed by atoms with Crippen LogP contribution < -0.4 is 11.1 Å². The predicted octanol–water partition coefficient (Wildman–Crippen LogP) is 2.80. The van der Waals surface area contributed by atoms with Crippen molar-refractivity contribution in [2.75, 3.05) is 0 Å². The maximum Gasteiger partial charge on any atom is 0.189 e. The number of aliphatic imine (C=N–C) groups is 1. The highest BCUT2D eigenvalue weighted by Gasteiger charge is 2.60. The summed E-state index contributed by atoms with van der Waals surface area (Å²) in [5.41, 5.74) is 7.50. The van der Waals surface area contributed by atoms with E-state index in [1.165, 1.54) is 51.4 Å². The Labute approximate surface area is 116 Å². The van der Waals surface area contributed by atoms with Crippen LogP contribution in [0.25, 0.3) is 0 Å². The third-order valence-corrected chi connectivity index (χ3v) is 5.89. The fourth-order valence-electron chi connectivity index (χ4n) is 6.29. The van der Waals surface area contributed by atoms with Crippen LogP contribution >= 0.6 is 0 Å². The van der Waals surface area contributed by atoms with Crippen molar-refractivity contribution in [3.8, 4) is 0 Å². The quantitative estimate of drug-likeness (QED) is 0.593. The first kappa shape index (κ1) is 12.0. The van der Waals surface area contributed by atoms with E-state index in [1.54, 1.807) is 0 Å². The summed E-state index contributed by atoms with van der Waals surface area (Å²) in [5, 5.41) is 3.67. The molecule has 0 radical (unpaired) electrons. The molecule has 0 aromatic carbocycles. The molecule has 5 aliphatic carbocycles. The van der Waals surface area contributed by atoms with Gasteiger partial charge in [0.2, 0.25) is 0 Å². The number of hydrogen-bond acceptors (Lipinski definition) is 1. The van der Waals surface area contributed by atoms with Crippen molar-refractivity contribution in [2.24, 2.45) is 27.5 Å². The second-order valence-electron chi connectivity index (χ2n) is 8.78. The summed E-state index contributed by atoms with van der Waals surface area (Å²) in [6.07, 6.45) is 10.7. The van der Waals surface area contributed by atoms with Crippen LogP contribution in [-0.2, 0) is 0 Å². The third-order valence-electron chi connectivity index (χ3n) is 5.89. The molecule has 0 aromatic rings. The molecular weight excluding hydrogens is 234 g/mol. The predicted molar refractivity (Wildman–Crippen MR) is 77.9 cm³/mol. The van der Waals surface area contributed by atoms with Gasteiger partial charge in [0.05, 0.1) is 6.04 Å². The molecule has 0 aliphatic heterocycles. The Morgan fingerprint density at radius 2 is 1.68 bits per heavy atom. The molecule has 5 fully saturated rings. The number of nitrogens with two attached hydrogens (primary N) is 1. The maximum absolute atomic E-state index is 6.16. The number of nitrogens with one attached hydrogen (secondary N) is 1. The SMILES string of the molecule is CC12CC3CC(C)(C1)CC(NC(N)=NC1CC1)(C3)C2. The minimum absolute atomic E-state index is 0.255. The zero-order chi connectivity index (χ0) is 13.3. The first-order chi connectivity index (χ1) is 8.88. The highest BCUT2D eigenvalue weighted by atomic mass is 15.2. The van der Waals surface area contributed by atoms with E-state index < -0.39 is 0 Å². The number of hydrogen-bond donors (Lipinski definition) is 2. The van der Waals surface area contributed by atoms with Gasteiger partial charge < -0.3 is 11.1 Å². The lowest BCUT2D eigenvalue weighted by Gasteiger charge is -2.65. The Bertz CT molecular complexity index is 419. The van der Waals surface area contributed by atoms with E-state index in [4.69, 9.17) is 5.73 Å². The lowest BCUT2D eigenvalue weighted by Crippen LogP contribution is -2.66. The van der Waals surface area contributed by atoms with Crippen molar-refractivity contribution < 1.29 is 0 Å². The van der Waals surface area contributed by atoms with Gasteiger partial charge >= 0.3 is 0 Å². The topological polar surface area (TPSA) is 50.4 Å². The van der Waals surface area contributed by atoms with E-state index in [-0.39, 0.29) is 5.54 Å². The molecule has 4 bridgehead atoms. The smallest absolute Gasteiger partial charge is 0.189 e. The normalized spacial score (nSPS) is 52.5. The van der Waals surface area contributed by atoms with Gasteiger partial charge in [-0.1, -0.05) is 13.8 Å². The van der Waals surface area contributed by atoms with Gasteiger partial charge in [0, 0.05) is 5.54 Å². The summed E-state index contributed by atoms with van der Waals surface area (Å²) >= 11 is 0. The van der Waals surface area contributed by atoms with E-state index in [1.807, 2.05) is 0 Å². The molecule has 2 atom stereocenters. The van der Waals surface area contributed by atoms with Crippen LogP contribution in [-0.4, -0.2) is 17.5 Å². The van der Waals surface area contributed by atoms with Crippen molar-refractivity contribution in [3.05, 3.63) is 0 Å². The van der Waals surface area contributed by atoms with Crippen LogP contribution in [0.1, 0.15) is 65.2 Å². The van der Waals surface area contributed by atoms with E-state index in [2.05, 4.69) is 24.2 Å². The molecule has 0 amide bonds. The molecule has 106 valence electrons. The molecule has 3 nitrogen and oxygen atoms in total. The average molecular weight is 261 g/mol. The highest BCUT2D eigenvalue weighted by molar-refractivity contribution is 5.79. The van der Waals surface area contributed by atoms with Crippen LogP contribution in [0.15, 0.2) is 4.99 Å². The van der Waals surface area contributed by atoms with Crippen molar-refractivity contribution in [1.29, 1.82) is 0 Å². The molecule has 5 aliphatic rings. The molecule has 0 aromatic heterocycles. The van der Waals surface area contributed by atoms with E-state index in [0.29, 0.717) is 16.9 Å². The molecule has 2 unspecified atom stereocenters. The van der Waals surface area contributed by atoms with Crippen molar-refractivity contribution >= 4 is 5.96 Å². The highest BCUT2D eigenvalue weighted by Crippen LogP contribution is 2.66. The summed E-state index contributed by atoms with van der Waals surface area (Å²) in [4.78, 5) is 4.59. The Morgan fingerprint density at radius 1 is 1.05 bits per heavy atom. The average Bonchev–Trinajstić information content (AvgIpc) is 2.93. The molecule has 0 spiro atoms. The zero-order valence-corrected chi connectivity index (χ0v) is 12.3. The van der Waals surface area contributed by atoms with Gasteiger partial charge in [-0.25, -0.2) is 0 Å². The van der Waals surface area contributed by atoms with Gasteiger partial charge in [0.25, 0.3) is 0 Å². The second-order valence-corrected chi connectivity index (χ2v) is 8.78. The van der Waals surface area contributed by atoms with Crippen LogP contribution in [0.3, 0.4) is 0 Å². The largest absolute Gasteiger partial charge is 0.370 e. The van der Waals surface area contributed by atoms with Gasteiger partial charge in [0.1, 0.15) is 0 Å². The van der Waals surface area contributed by atoms with Crippen molar-refractivity contribution in [2.45, 2.75) is 76.8 Å². The minimum atomic E-state index is 0.255. The molecule has 19 heavy (non-hydrogen) atoms. The lowest BCUT2D eigenvalue weighted by molar-refractivity contribution is -0.112. The van der Waals surface area contributed by atoms with Gasteiger partial charge in [-0.15, -0.1) is 0 Å². The Morgan fingerprint density at radius 3 is 2.21 bits per heavy atom. The zero-order valence-electron chi connectivity index (χ0n) is 12.3. The maximum atomic E-state index is 6.16. The lowest BCUT2D eigenvalue weighted by atomic mass is 9.43. The number of nitrogens with zero attached hydrogens (tertiary/aromatic N) is 1. The van der Waals surface area contributed by atoms with Crippen molar-refractivity contribution in [3.63, 3.8) is 0 Å². The Kier molecular flexibility index (Phi) is 2.20. The molecule has 3 heteroatoms. The number of rotatable bonds is 2. The minimum Gasteiger partial charge on any atom is -0.370 e. The van der Waals surface area contributed by atoms with Crippen LogP contribution in [0.2, 0.25) is 0 Å². The van der Waals surface area contributed by atoms with Gasteiger partial charge in [-0.05, 0) is 68.1 Å². The third kappa shape index (κ3) is 2.05. The van der Waals surface area contributed by atoms with Crippen molar-refractivity contribution in [1.82, 2.24) is 5.32 Å². The fraction of sp³-hybridized carbons (Fsp3) is 0.938. The monoisotopic (exact) mass is 261 g/mol. The van der Waals surface area contributed by atoms with Gasteiger partial charge in [-0.2, -0.15) is 0 Å². The summed E-state index contributed by atoms with van der Waals surface area (Å²) in [6.45, 7) is 5.00. The Balaban J connectivity index is 1.60. The van der Waals surface area contributed by atoms with E-state index in [9.17, 15) is 0 Å². The molecule has 0 saturated heterocycles. The molecule has 3 N–H and O–H groups in total. The molecular formula is C16H27N3.